The molecule has 1 aliphatic rings. The smallest absolute Gasteiger partial charge is 0.167 e. The molecule has 1 saturated heterocycles. The number of imidazole rings is 1. The van der Waals surface area contributed by atoms with Crippen LogP contribution >= 0.6 is 0 Å². The van der Waals surface area contributed by atoms with Crippen LogP contribution in [0.5, 0.6) is 0 Å². The van der Waals surface area contributed by atoms with Crippen LogP contribution in [0.4, 0.5) is 5.82 Å². The van der Waals surface area contributed by atoms with E-state index in [-0.39, 0.29) is 12.4 Å². The first kappa shape index (κ1) is 13.5. The van der Waals surface area contributed by atoms with E-state index >= 15 is 0 Å². The second kappa shape index (κ2) is 5.14. The van der Waals surface area contributed by atoms with Crippen molar-refractivity contribution in [2.45, 2.75) is 24.5 Å². The van der Waals surface area contributed by atoms with Gasteiger partial charge in [0.25, 0.3) is 0 Å². The van der Waals surface area contributed by atoms with Crippen LogP contribution in [-0.2, 0) is 4.74 Å². The predicted octanol–water partition coefficient (Wildman–Crippen LogP) is -0.662. The van der Waals surface area contributed by atoms with Gasteiger partial charge in [0.1, 0.15) is 17.9 Å². The van der Waals surface area contributed by atoms with Crippen LogP contribution in [0.1, 0.15) is 6.23 Å². The lowest BCUT2D eigenvalue weighted by molar-refractivity contribution is -0.0488. The molecular formula is C10H12N8O3. The van der Waals surface area contributed by atoms with Crippen LogP contribution in [0.15, 0.2) is 17.8 Å². The number of fused-ring (bicyclic) bond motifs is 1. The van der Waals surface area contributed by atoms with E-state index in [0.29, 0.717) is 11.2 Å². The van der Waals surface area contributed by atoms with Gasteiger partial charge in [-0.15, -0.1) is 0 Å². The van der Waals surface area contributed by atoms with E-state index in [9.17, 15) is 10.2 Å². The summed E-state index contributed by atoms with van der Waals surface area (Å²) < 4.78 is 7.00. The van der Waals surface area contributed by atoms with Gasteiger partial charge in [-0.05, 0) is 5.53 Å². The number of hydrogen-bond acceptors (Lipinski definition) is 8. The van der Waals surface area contributed by atoms with Gasteiger partial charge in [0.2, 0.25) is 0 Å². The van der Waals surface area contributed by atoms with Crippen molar-refractivity contribution in [3.63, 3.8) is 0 Å². The zero-order valence-corrected chi connectivity index (χ0v) is 10.7. The van der Waals surface area contributed by atoms with Crippen molar-refractivity contribution in [2.75, 3.05) is 12.3 Å². The van der Waals surface area contributed by atoms with Crippen LogP contribution in [0.2, 0.25) is 0 Å². The number of rotatable bonds is 3. The van der Waals surface area contributed by atoms with Crippen molar-refractivity contribution >= 4 is 17.0 Å². The molecule has 1 aliphatic heterocycles. The van der Waals surface area contributed by atoms with E-state index in [1.807, 2.05) is 0 Å². The number of anilines is 1. The molecule has 0 amide bonds. The normalized spacial score (nSPS) is 28.7. The van der Waals surface area contributed by atoms with Crippen LogP contribution in [0.3, 0.4) is 0 Å². The molecule has 0 unspecified atom stereocenters. The van der Waals surface area contributed by atoms with Gasteiger partial charge in [0.05, 0.1) is 25.1 Å². The summed E-state index contributed by atoms with van der Waals surface area (Å²) in [6.07, 6.45) is -0.177. The van der Waals surface area contributed by atoms with Crippen molar-refractivity contribution < 1.29 is 14.9 Å². The Bertz CT molecular complexity index is 711. The van der Waals surface area contributed by atoms with Gasteiger partial charge in [-0.2, -0.15) is 0 Å². The van der Waals surface area contributed by atoms with E-state index in [2.05, 4.69) is 25.0 Å². The van der Waals surface area contributed by atoms with Crippen LogP contribution in [-0.4, -0.2) is 54.6 Å². The third-order valence-electron chi connectivity index (χ3n) is 3.36. The van der Waals surface area contributed by atoms with Crippen LogP contribution in [0, 0.1) is 0 Å². The fraction of sp³-hybridized carbons (Fsp3) is 0.500. The first-order valence-electron chi connectivity index (χ1n) is 6.09. The SMILES string of the molecule is [N-]=[N+]=N[C@H]1[C@@H](O)[C@H](n2cnc3c(N)ncnc32)O[C@@H]1CO. The van der Waals surface area contributed by atoms with Gasteiger partial charge in [-0.3, -0.25) is 4.57 Å². The van der Waals surface area contributed by atoms with E-state index in [1.54, 1.807) is 0 Å². The molecule has 110 valence electrons. The van der Waals surface area contributed by atoms with Crippen molar-refractivity contribution in [2.24, 2.45) is 5.11 Å². The third-order valence-corrected chi connectivity index (χ3v) is 3.36. The molecule has 0 radical (unpaired) electrons. The highest BCUT2D eigenvalue weighted by atomic mass is 16.5. The Morgan fingerprint density at radius 2 is 2.29 bits per heavy atom. The minimum Gasteiger partial charge on any atom is -0.394 e. The molecule has 2 aromatic heterocycles. The molecule has 2 aromatic rings. The lowest BCUT2D eigenvalue weighted by atomic mass is 10.1. The number of aliphatic hydroxyl groups is 2. The van der Waals surface area contributed by atoms with Gasteiger partial charge in [0, 0.05) is 4.91 Å². The molecule has 1 fully saturated rings. The molecule has 0 aliphatic carbocycles. The van der Waals surface area contributed by atoms with Crippen molar-refractivity contribution in [3.8, 4) is 0 Å². The molecule has 3 rings (SSSR count). The number of aliphatic hydroxyl groups excluding tert-OH is 2. The van der Waals surface area contributed by atoms with Crippen LogP contribution in [0.25, 0.3) is 21.6 Å². The summed E-state index contributed by atoms with van der Waals surface area (Å²) in [5.74, 6) is 0.205. The van der Waals surface area contributed by atoms with Gasteiger partial charge >= 0.3 is 0 Å². The van der Waals surface area contributed by atoms with Crippen molar-refractivity contribution in [1.82, 2.24) is 19.5 Å². The Morgan fingerprint density at radius 3 is 3.00 bits per heavy atom. The summed E-state index contributed by atoms with van der Waals surface area (Å²) in [6.45, 7) is -0.388. The number of nitrogens with zero attached hydrogens (tertiary/aromatic N) is 7. The Hall–Kier alpha value is -2.46. The monoisotopic (exact) mass is 292 g/mol. The molecule has 0 saturated carbocycles. The number of hydrogen-bond donors (Lipinski definition) is 3. The lowest BCUT2D eigenvalue weighted by Crippen LogP contribution is -2.31. The maximum Gasteiger partial charge on any atom is 0.167 e. The van der Waals surface area contributed by atoms with Gasteiger partial charge < -0.3 is 20.7 Å². The highest BCUT2D eigenvalue weighted by Gasteiger charge is 2.44. The number of ether oxygens (including phenoxy) is 1. The number of azide groups is 1. The summed E-state index contributed by atoms with van der Waals surface area (Å²) >= 11 is 0. The zero-order valence-electron chi connectivity index (χ0n) is 10.7. The summed E-state index contributed by atoms with van der Waals surface area (Å²) in [7, 11) is 0. The standard InChI is InChI=1S/C10H12N8O3/c11-8-6-9(14-2-13-8)18(3-15-6)10-7(20)5(16-17-12)4(1-19)21-10/h2-5,7,10,19-20H,1H2,(H2,11,13,14)/t4-,5-,7-,10-/m1/s1. The predicted molar refractivity (Wildman–Crippen MR) is 69.7 cm³/mol. The number of aromatic nitrogens is 4. The Balaban J connectivity index is 2.03. The molecule has 11 nitrogen and oxygen atoms in total. The van der Waals surface area contributed by atoms with Gasteiger partial charge in [-0.25, -0.2) is 15.0 Å². The molecule has 0 bridgehead atoms. The van der Waals surface area contributed by atoms with E-state index < -0.39 is 24.5 Å². The van der Waals surface area contributed by atoms with Crippen molar-refractivity contribution in [1.29, 1.82) is 0 Å². The second-order valence-corrected chi connectivity index (χ2v) is 4.52. The van der Waals surface area contributed by atoms with E-state index in [1.165, 1.54) is 17.2 Å². The summed E-state index contributed by atoms with van der Waals surface area (Å²) in [6, 6.07) is -0.901. The first-order chi connectivity index (χ1) is 10.2. The Labute approximate surface area is 117 Å². The molecule has 4 atom stereocenters. The zero-order chi connectivity index (χ0) is 15.0. The van der Waals surface area contributed by atoms with E-state index in [4.69, 9.17) is 16.0 Å². The minimum atomic E-state index is -1.15. The molecule has 11 heteroatoms. The first-order valence-corrected chi connectivity index (χ1v) is 6.09. The highest BCUT2D eigenvalue weighted by Crippen LogP contribution is 2.33. The average Bonchev–Trinajstić information content (AvgIpc) is 3.03. The second-order valence-electron chi connectivity index (χ2n) is 4.52. The summed E-state index contributed by atoms with van der Waals surface area (Å²) in [5, 5.41) is 23.0. The molecular weight excluding hydrogens is 280 g/mol. The number of nitrogen functional groups attached to an aromatic ring is 1. The maximum absolute atomic E-state index is 10.3. The molecule has 0 aromatic carbocycles. The summed E-state index contributed by atoms with van der Waals surface area (Å²) in [4.78, 5) is 14.6. The minimum absolute atomic E-state index is 0.205. The van der Waals surface area contributed by atoms with Gasteiger partial charge in [0.15, 0.2) is 17.7 Å². The fourth-order valence-corrected chi connectivity index (χ4v) is 2.37. The fourth-order valence-electron chi connectivity index (χ4n) is 2.37. The van der Waals surface area contributed by atoms with E-state index in [0.717, 1.165) is 0 Å². The average molecular weight is 292 g/mol. The third kappa shape index (κ3) is 2.04. The molecule has 4 N–H and O–H groups in total. The lowest BCUT2D eigenvalue weighted by Gasteiger charge is -2.16. The van der Waals surface area contributed by atoms with Crippen LogP contribution < -0.4 is 5.73 Å². The molecule has 3 heterocycles. The number of nitrogens with two attached hydrogens (primary N) is 1. The Morgan fingerprint density at radius 1 is 1.48 bits per heavy atom. The topological polar surface area (TPSA) is 168 Å². The molecule has 21 heavy (non-hydrogen) atoms. The highest BCUT2D eigenvalue weighted by molar-refractivity contribution is 5.81. The Kier molecular flexibility index (Phi) is 3.31. The van der Waals surface area contributed by atoms with Gasteiger partial charge in [-0.1, -0.05) is 5.11 Å². The maximum atomic E-state index is 10.3. The quantitative estimate of drug-likeness (QED) is 0.383. The largest absolute Gasteiger partial charge is 0.394 e. The van der Waals surface area contributed by atoms with Crippen molar-refractivity contribution in [3.05, 3.63) is 23.1 Å². The summed E-state index contributed by atoms with van der Waals surface area (Å²) in [5.41, 5.74) is 15.0. The molecule has 0 spiro atoms.